The van der Waals surface area contributed by atoms with Crippen LogP contribution in [-0.4, -0.2) is 35.3 Å². The van der Waals surface area contributed by atoms with Gasteiger partial charge in [0.25, 0.3) is 0 Å². The number of ketones is 1. The van der Waals surface area contributed by atoms with Crippen molar-refractivity contribution >= 4 is 32.8 Å². The number of fused-ring (bicyclic) bond motifs is 1. The summed E-state index contributed by atoms with van der Waals surface area (Å²) < 4.78 is 1.36. The Bertz CT molecular complexity index is 1130. The zero-order valence-electron chi connectivity index (χ0n) is 19.6. The minimum Gasteiger partial charge on any atom is -0.299 e. The molecule has 0 radical (unpaired) electrons. The molecule has 0 saturated heterocycles. The SMILES string of the molecule is CC(CCN1CC=C(c2cccc3sccc23)CC1)(C(=O)C1CCCCC1)c1ccccn1. The van der Waals surface area contributed by atoms with Gasteiger partial charge in [0.05, 0.1) is 11.1 Å². The summed E-state index contributed by atoms with van der Waals surface area (Å²) in [6, 6.07) is 14.9. The lowest BCUT2D eigenvalue weighted by Gasteiger charge is -2.35. The van der Waals surface area contributed by atoms with Gasteiger partial charge in [-0.1, -0.05) is 43.5 Å². The molecule has 4 heteroatoms. The molecule has 0 bridgehead atoms. The summed E-state index contributed by atoms with van der Waals surface area (Å²) in [5, 5.41) is 3.56. The van der Waals surface area contributed by atoms with Gasteiger partial charge in [0.15, 0.2) is 0 Å². The monoisotopic (exact) mass is 458 g/mol. The van der Waals surface area contributed by atoms with Crippen LogP contribution >= 0.6 is 11.3 Å². The topological polar surface area (TPSA) is 33.2 Å². The van der Waals surface area contributed by atoms with Gasteiger partial charge in [-0.15, -0.1) is 11.3 Å². The van der Waals surface area contributed by atoms with Crippen molar-refractivity contribution in [1.82, 2.24) is 9.88 Å². The second-order valence-electron chi connectivity index (χ2n) is 9.91. The third kappa shape index (κ3) is 4.69. The van der Waals surface area contributed by atoms with Gasteiger partial charge in [-0.2, -0.15) is 0 Å². The molecule has 33 heavy (non-hydrogen) atoms. The minimum atomic E-state index is -0.504. The van der Waals surface area contributed by atoms with Gasteiger partial charge in [-0.3, -0.25) is 14.7 Å². The van der Waals surface area contributed by atoms with Crippen LogP contribution < -0.4 is 0 Å². The lowest BCUT2D eigenvalue weighted by molar-refractivity contribution is -0.129. The first-order chi connectivity index (χ1) is 16.1. The van der Waals surface area contributed by atoms with Crippen molar-refractivity contribution < 1.29 is 4.79 Å². The van der Waals surface area contributed by atoms with Crippen LogP contribution in [0.15, 0.2) is 60.1 Å². The number of benzene rings is 1. The summed E-state index contributed by atoms with van der Waals surface area (Å²) in [6.07, 6.45) is 11.9. The van der Waals surface area contributed by atoms with Crippen LogP contribution in [-0.2, 0) is 10.2 Å². The molecule has 0 spiro atoms. The van der Waals surface area contributed by atoms with Gasteiger partial charge in [0.2, 0.25) is 0 Å². The van der Waals surface area contributed by atoms with Crippen LogP contribution in [0.25, 0.3) is 15.7 Å². The number of carbonyl (C=O) groups is 1. The summed E-state index contributed by atoms with van der Waals surface area (Å²) >= 11 is 1.81. The molecule has 5 rings (SSSR count). The Morgan fingerprint density at radius 3 is 2.76 bits per heavy atom. The van der Waals surface area contributed by atoms with E-state index in [9.17, 15) is 4.79 Å². The number of aromatic nitrogens is 1. The minimum absolute atomic E-state index is 0.199. The molecule has 2 aliphatic rings. The predicted octanol–water partition coefficient (Wildman–Crippen LogP) is 6.88. The fraction of sp³-hybridized carbons (Fsp3) is 0.448. The van der Waals surface area contributed by atoms with E-state index in [4.69, 9.17) is 0 Å². The summed E-state index contributed by atoms with van der Waals surface area (Å²) in [5.74, 6) is 0.614. The Morgan fingerprint density at radius 1 is 1.12 bits per heavy atom. The van der Waals surface area contributed by atoms with Gasteiger partial charge in [0.1, 0.15) is 5.78 Å². The van der Waals surface area contributed by atoms with E-state index in [0.717, 1.165) is 51.0 Å². The van der Waals surface area contributed by atoms with Gasteiger partial charge in [-0.05, 0) is 85.3 Å². The van der Waals surface area contributed by atoms with E-state index in [1.807, 2.05) is 29.7 Å². The number of nitrogens with zero attached hydrogens (tertiary/aromatic N) is 2. The average molecular weight is 459 g/mol. The molecule has 1 aliphatic carbocycles. The Hall–Kier alpha value is -2.30. The van der Waals surface area contributed by atoms with Gasteiger partial charge in [0, 0.05) is 29.9 Å². The number of hydrogen-bond acceptors (Lipinski definition) is 4. The normalized spacial score (nSPS) is 19.8. The molecule has 1 saturated carbocycles. The second kappa shape index (κ2) is 9.90. The van der Waals surface area contributed by atoms with E-state index >= 15 is 0 Å². The molecule has 3 nitrogen and oxygen atoms in total. The molecule has 1 unspecified atom stereocenters. The standard InChI is InChI=1S/C29H34N2OS/c1-29(27-12-5-6-17-30-27,28(32)23-8-3-2-4-9-23)16-20-31-18-13-22(14-19-31)24-10-7-11-26-25(24)15-21-33-26/h5-7,10-13,15,17,21,23H,2-4,8-9,14,16,18-20H2,1H3. The van der Waals surface area contributed by atoms with Crippen molar-refractivity contribution in [2.45, 2.75) is 57.3 Å². The molecular weight excluding hydrogens is 424 g/mol. The Labute approximate surface area is 201 Å². The van der Waals surface area contributed by atoms with E-state index in [2.05, 4.69) is 58.6 Å². The first kappa shape index (κ1) is 22.5. The zero-order valence-corrected chi connectivity index (χ0v) is 20.4. The van der Waals surface area contributed by atoms with E-state index < -0.39 is 5.41 Å². The molecule has 1 fully saturated rings. The number of rotatable bonds is 7. The molecule has 172 valence electrons. The molecule has 1 aliphatic heterocycles. The number of hydrogen-bond donors (Lipinski definition) is 0. The molecule has 1 atom stereocenters. The highest BCUT2D eigenvalue weighted by atomic mass is 32.1. The highest BCUT2D eigenvalue weighted by molar-refractivity contribution is 7.17. The van der Waals surface area contributed by atoms with E-state index in [0.29, 0.717) is 5.78 Å². The van der Waals surface area contributed by atoms with Gasteiger partial charge < -0.3 is 0 Å². The maximum absolute atomic E-state index is 13.8. The first-order valence-electron chi connectivity index (χ1n) is 12.5. The molecular formula is C29H34N2OS. The third-order valence-corrected chi connectivity index (χ3v) is 8.70. The number of thiophene rings is 1. The molecule has 0 N–H and O–H groups in total. The fourth-order valence-electron chi connectivity index (χ4n) is 5.70. The van der Waals surface area contributed by atoms with Crippen LogP contribution in [0.4, 0.5) is 0 Å². The third-order valence-electron chi connectivity index (χ3n) is 7.81. The summed E-state index contributed by atoms with van der Waals surface area (Å²) in [7, 11) is 0. The number of Topliss-reactive ketones (excluding diaryl/α,β-unsaturated/α-hetero) is 1. The van der Waals surface area contributed by atoms with Crippen LogP contribution in [0.2, 0.25) is 0 Å². The van der Waals surface area contributed by atoms with Crippen LogP contribution in [0.3, 0.4) is 0 Å². The molecule has 2 aromatic heterocycles. The summed E-state index contributed by atoms with van der Waals surface area (Å²) in [5.41, 5.74) is 3.29. The van der Waals surface area contributed by atoms with Crippen molar-refractivity contribution in [3.8, 4) is 0 Å². The average Bonchev–Trinajstić information content (AvgIpc) is 3.37. The van der Waals surface area contributed by atoms with E-state index in [1.54, 1.807) is 0 Å². The highest BCUT2D eigenvalue weighted by Crippen LogP contribution is 2.37. The van der Waals surface area contributed by atoms with Crippen LogP contribution in [0.1, 0.15) is 63.1 Å². The van der Waals surface area contributed by atoms with E-state index in [1.165, 1.54) is 40.5 Å². The Morgan fingerprint density at radius 2 is 2.00 bits per heavy atom. The first-order valence-corrected chi connectivity index (χ1v) is 13.4. The van der Waals surface area contributed by atoms with Crippen molar-refractivity contribution in [2.75, 3.05) is 19.6 Å². The highest BCUT2D eigenvalue weighted by Gasteiger charge is 2.40. The zero-order chi connectivity index (χ0) is 22.7. The molecule has 3 heterocycles. The maximum atomic E-state index is 13.8. The lowest BCUT2D eigenvalue weighted by Crippen LogP contribution is -2.42. The predicted molar refractivity (Wildman–Crippen MR) is 139 cm³/mol. The molecule has 0 amide bonds. The molecule has 3 aromatic rings. The second-order valence-corrected chi connectivity index (χ2v) is 10.9. The lowest BCUT2D eigenvalue weighted by atomic mass is 9.70. The van der Waals surface area contributed by atoms with Crippen molar-refractivity contribution in [3.63, 3.8) is 0 Å². The summed E-state index contributed by atoms with van der Waals surface area (Å²) in [4.78, 5) is 20.9. The Balaban J connectivity index is 1.30. The summed E-state index contributed by atoms with van der Waals surface area (Å²) in [6.45, 7) is 5.07. The van der Waals surface area contributed by atoms with Gasteiger partial charge in [-0.25, -0.2) is 0 Å². The maximum Gasteiger partial charge on any atom is 0.147 e. The van der Waals surface area contributed by atoms with Gasteiger partial charge >= 0.3 is 0 Å². The number of carbonyl (C=O) groups excluding carboxylic acids is 1. The fourth-order valence-corrected chi connectivity index (χ4v) is 6.51. The number of pyridine rings is 1. The van der Waals surface area contributed by atoms with Crippen molar-refractivity contribution in [2.24, 2.45) is 5.92 Å². The van der Waals surface area contributed by atoms with Crippen LogP contribution in [0.5, 0.6) is 0 Å². The largest absolute Gasteiger partial charge is 0.299 e. The van der Waals surface area contributed by atoms with E-state index in [-0.39, 0.29) is 5.92 Å². The quantitative estimate of drug-likeness (QED) is 0.387. The van der Waals surface area contributed by atoms with Crippen LogP contribution in [0, 0.1) is 5.92 Å². The Kier molecular flexibility index (Phi) is 6.75. The smallest absolute Gasteiger partial charge is 0.147 e. The molecule has 1 aromatic carbocycles. The van der Waals surface area contributed by atoms with Crippen molar-refractivity contribution in [3.05, 3.63) is 71.4 Å². The van der Waals surface area contributed by atoms with Crippen molar-refractivity contribution in [1.29, 1.82) is 0 Å².